The Kier molecular flexibility index (Phi) is 12.3. The number of rotatable bonds is 9. The van der Waals surface area contributed by atoms with Crippen LogP contribution in [0.15, 0.2) is 41.9 Å². The molecule has 28 heavy (non-hydrogen) atoms. The number of guanidine groups is 1. The first kappa shape index (κ1) is 24.8. The van der Waals surface area contributed by atoms with Crippen LogP contribution in [0.5, 0.6) is 0 Å². The fourth-order valence-corrected chi connectivity index (χ4v) is 3.26. The molecule has 1 aromatic carbocycles. The van der Waals surface area contributed by atoms with Gasteiger partial charge in [-0.1, -0.05) is 18.2 Å². The highest BCUT2D eigenvalue weighted by Gasteiger charge is 2.23. The molecule has 1 saturated heterocycles. The second-order valence-electron chi connectivity index (χ2n) is 6.77. The molecule has 1 atom stereocenters. The Morgan fingerprint density at radius 1 is 1.43 bits per heavy atom. The molecule has 7 heteroatoms. The highest BCUT2D eigenvalue weighted by atomic mass is 127. The number of allylic oxidation sites excluding steroid dienone is 1. The molecule has 5 nitrogen and oxygen atoms in total. The summed E-state index contributed by atoms with van der Waals surface area (Å²) in [6, 6.07) is 6.91. The summed E-state index contributed by atoms with van der Waals surface area (Å²) in [5.74, 6) is 0.680. The van der Waals surface area contributed by atoms with E-state index in [1.165, 1.54) is 6.07 Å². The van der Waals surface area contributed by atoms with Crippen molar-refractivity contribution in [2.45, 2.75) is 25.8 Å². The lowest BCUT2D eigenvalue weighted by molar-refractivity contribution is 0.0179. The van der Waals surface area contributed by atoms with Gasteiger partial charge in [0.15, 0.2) is 5.96 Å². The molecule has 0 aromatic heterocycles. The lowest BCUT2D eigenvalue weighted by Gasteiger charge is -2.34. The Morgan fingerprint density at radius 2 is 2.18 bits per heavy atom. The van der Waals surface area contributed by atoms with E-state index >= 15 is 0 Å². The van der Waals surface area contributed by atoms with Crippen LogP contribution in [0.1, 0.15) is 31.4 Å². The van der Waals surface area contributed by atoms with E-state index in [4.69, 9.17) is 9.73 Å². The first-order valence-corrected chi connectivity index (χ1v) is 9.83. The minimum absolute atomic E-state index is 0. The molecular formula is C21H34FIN4O. The molecule has 1 heterocycles. The maximum Gasteiger partial charge on any atom is 0.193 e. The Hall–Kier alpha value is -1.19. The number of aliphatic imine (C=N–C) groups is 1. The summed E-state index contributed by atoms with van der Waals surface area (Å²) in [5.41, 5.74) is 0.964. The van der Waals surface area contributed by atoms with Gasteiger partial charge in [0, 0.05) is 33.2 Å². The topological polar surface area (TPSA) is 40.1 Å². The number of hydrogen-bond donors (Lipinski definition) is 1. The van der Waals surface area contributed by atoms with E-state index in [1.54, 1.807) is 12.1 Å². The molecule has 1 unspecified atom stereocenters. The van der Waals surface area contributed by atoms with Crippen LogP contribution in [0.25, 0.3) is 0 Å². The zero-order valence-corrected chi connectivity index (χ0v) is 19.4. The van der Waals surface area contributed by atoms with E-state index in [1.807, 2.05) is 12.1 Å². The highest BCUT2D eigenvalue weighted by molar-refractivity contribution is 14.0. The van der Waals surface area contributed by atoms with Crippen LogP contribution >= 0.6 is 24.0 Å². The average molecular weight is 504 g/mol. The van der Waals surface area contributed by atoms with E-state index in [0.717, 1.165) is 50.5 Å². The number of nitrogens with one attached hydrogen (secondary N) is 1. The molecule has 0 spiro atoms. The van der Waals surface area contributed by atoms with Gasteiger partial charge in [0.1, 0.15) is 5.82 Å². The molecule has 2 rings (SSSR count). The van der Waals surface area contributed by atoms with E-state index < -0.39 is 0 Å². The predicted octanol–water partition coefficient (Wildman–Crippen LogP) is 3.68. The summed E-state index contributed by atoms with van der Waals surface area (Å²) in [6.07, 6.45) is 3.97. The van der Waals surface area contributed by atoms with E-state index in [0.29, 0.717) is 19.8 Å². The standard InChI is InChI=1S/C21H33FN4O.HI/c1-4-6-7-11-25(3)21(23-5-2)24-17-20(26-12-14-27-15-13-26)18-9-8-10-19(22)16-18;/h4,8-10,16,20H,1,5-7,11-15,17H2,2-3H3,(H,23,24);1H. The summed E-state index contributed by atoms with van der Waals surface area (Å²) < 4.78 is 19.3. The number of unbranched alkanes of at least 4 members (excludes halogenated alkanes) is 1. The van der Waals surface area contributed by atoms with Gasteiger partial charge in [0.25, 0.3) is 0 Å². The van der Waals surface area contributed by atoms with E-state index in [2.05, 4.69) is 35.7 Å². The van der Waals surface area contributed by atoms with E-state index in [-0.39, 0.29) is 35.8 Å². The molecule has 1 fully saturated rings. The third-order valence-electron chi connectivity index (χ3n) is 4.73. The second kappa shape index (κ2) is 13.9. The molecule has 0 radical (unpaired) electrons. The van der Waals surface area contributed by atoms with Gasteiger partial charge in [0.2, 0.25) is 0 Å². The highest BCUT2D eigenvalue weighted by Crippen LogP contribution is 2.23. The fourth-order valence-electron chi connectivity index (χ4n) is 3.26. The van der Waals surface area contributed by atoms with Crippen molar-refractivity contribution in [3.8, 4) is 0 Å². The third-order valence-corrected chi connectivity index (χ3v) is 4.73. The van der Waals surface area contributed by atoms with Gasteiger partial charge in [-0.15, -0.1) is 30.6 Å². The largest absolute Gasteiger partial charge is 0.379 e. The first-order valence-electron chi connectivity index (χ1n) is 9.83. The average Bonchev–Trinajstić information content (AvgIpc) is 2.68. The quantitative estimate of drug-likeness (QED) is 0.183. The van der Waals surface area contributed by atoms with Crippen LogP contribution in [0.2, 0.25) is 0 Å². The normalized spacial score (nSPS) is 16.2. The summed E-state index contributed by atoms with van der Waals surface area (Å²) in [6.45, 7) is 11.2. The van der Waals surface area contributed by atoms with Crippen molar-refractivity contribution in [2.75, 3.05) is 53.0 Å². The molecule has 1 aliphatic rings. The van der Waals surface area contributed by atoms with Gasteiger partial charge < -0.3 is 15.0 Å². The molecular weight excluding hydrogens is 470 g/mol. The van der Waals surface area contributed by atoms with Crippen molar-refractivity contribution >= 4 is 29.9 Å². The van der Waals surface area contributed by atoms with Crippen molar-refractivity contribution in [1.82, 2.24) is 15.1 Å². The van der Waals surface area contributed by atoms with Crippen LogP contribution in [0.3, 0.4) is 0 Å². The lowest BCUT2D eigenvalue weighted by Crippen LogP contribution is -2.42. The summed E-state index contributed by atoms with van der Waals surface area (Å²) in [5, 5.41) is 3.36. The van der Waals surface area contributed by atoms with Gasteiger partial charge in [-0.05, 0) is 37.5 Å². The van der Waals surface area contributed by atoms with Gasteiger partial charge in [-0.25, -0.2) is 4.39 Å². The molecule has 1 N–H and O–H groups in total. The maximum atomic E-state index is 13.8. The van der Waals surface area contributed by atoms with Gasteiger partial charge >= 0.3 is 0 Å². The molecule has 0 amide bonds. The van der Waals surface area contributed by atoms with Crippen molar-refractivity contribution in [3.63, 3.8) is 0 Å². The maximum absolute atomic E-state index is 13.8. The zero-order valence-electron chi connectivity index (χ0n) is 17.1. The third kappa shape index (κ3) is 8.05. The van der Waals surface area contributed by atoms with Crippen molar-refractivity contribution in [2.24, 2.45) is 4.99 Å². The first-order chi connectivity index (χ1) is 13.2. The predicted molar refractivity (Wildman–Crippen MR) is 125 cm³/mol. The van der Waals surface area contributed by atoms with Crippen LogP contribution in [-0.4, -0.2) is 68.7 Å². The van der Waals surface area contributed by atoms with Crippen molar-refractivity contribution < 1.29 is 9.13 Å². The van der Waals surface area contributed by atoms with Crippen LogP contribution < -0.4 is 5.32 Å². The van der Waals surface area contributed by atoms with Gasteiger partial charge in [-0.3, -0.25) is 9.89 Å². The fraction of sp³-hybridized carbons (Fsp3) is 0.571. The molecule has 0 bridgehead atoms. The number of morpholine rings is 1. The molecule has 0 aliphatic carbocycles. The van der Waals surface area contributed by atoms with Crippen LogP contribution in [0.4, 0.5) is 4.39 Å². The second-order valence-corrected chi connectivity index (χ2v) is 6.77. The monoisotopic (exact) mass is 504 g/mol. The number of ether oxygens (including phenoxy) is 1. The Morgan fingerprint density at radius 3 is 2.82 bits per heavy atom. The minimum Gasteiger partial charge on any atom is -0.379 e. The summed E-state index contributed by atoms with van der Waals surface area (Å²) in [4.78, 5) is 9.36. The molecule has 1 aromatic rings. The summed E-state index contributed by atoms with van der Waals surface area (Å²) >= 11 is 0. The van der Waals surface area contributed by atoms with Gasteiger partial charge in [0.05, 0.1) is 25.8 Å². The molecule has 0 saturated carbocycles. The van der Waals surface area contributed by atoms with Crippen LogP contribution in [0, 0.1) is 5.82 Å². The number of nitrogens with zero attached hydrogens (tertiary/aromatic N) is 3. The van der Waals surface area contributed by atoms with Crippen LogP contribution in [-0.2, 0) is 4.74 Å². The smallest absolute Gasteiger partial charge is 0.193 e. The minimum atomic E-state index is -0.205. The molecule has 1 aliphatic heterocycles. The van der Waals surface area contributed by atoms with E-state index in [9.17, 15) is 4.39 Å². The SMILES string of the molecule is C=CCCCN(C)C(=NCC(c1cccc(F)c1)N1CCOCC1)NCC.I. The number of benzene rings is 1. The Bertz CT molecular complexity index is 608. The summed E-state index contributed by atoms with van der Waals surface area (Å²) in [7, 11) is 2.05. The molecule has 158 valence electrons. The Balaban J connectivity index is 0.00000392. The van der Waals surface area contributed by atoms with Gasteiger partial charge in [-0.2, -0.15) is 0 Å². The number of hydrogen-bond acceptors (Lipinski definition) is 3. The zero-order chi connectivity index (χ0) is 19.5. The lowest BCUT2D eigenvalue weighted by atomic mass is 10.0. The van der Waals surface area contributed by atoms with Crippen molar-refractivity contribution in [1.29, 1.82) is 0 Å². The Labute approximate surface area is 186 Å². The van der Waals surface area contributed by atoms with Crippen molar-refractivity contribution in [3.05, 3.63) is 48.3 Å². The number of halogens is 2.